The minimum Gasteiger partial charge on any atom is -0.493 e. The lowest BCUT2D eigenvalue weighted by Gasteiger charge is -2.24. The van der Waals surface area contributed by atoms with E-state index in [2.05, 4.69) is 26.3 Å². The molecule has 9 nitrogen and oxygen atoms in total. The van der Waals surface area contributed by atoms with Gasteiger partial charge in [0, 0.05) is 25.4 Å². The first kappa shape index (κ1) is 21.8. The Kier molecular flexibility index (Phi) is 6.09. The summed E-state index contributed by atoms with van der Waals surface area (Å²) in [7, 11) is 1.61. The molecular formula is C25H26N6O3. The van der Waals surface area contributed by atoms with E-state index in [9.17, 15) is 4.79 Å². The van der Waals surface area contributed by atoms with Crippen molar-refractivity contribution < 1.29 is 14.3 Å². The molecule has 0 saturated carbocycles. The quantitative estimate of drug-likeness (QED) is 0.363. The van der Waals surface area contributed by atoms with Crippen LogP contribution in [-0.4, -0.2) is 52.7 Å². The summed E-state index contributed by atoms with van der Waals surface area (Å²) in [5, 5.41) is 2.86. The number of methoxy groups -OCH3 is 1. The van der Waals surface area contributed by atoms with E-state index in [1.54, 1.807) is 13.3 Å². The number of anilines is 1. The van der Waals surface area contributed by atoms with E-state index in [1.807, 2.05) is 36.4 Å². The van der Waals surface area contributed by atoms with Crippen LogP contribution >= 0.6 is 0 Å². The fourth-order valence-electron chi connectivity index (χ4n) is 4.19. The number of hydrogen-bond acceptors (Lipinski definition) is 7. The van der Waals surface area contributed by atoms with E-state index >= 15 is 0 Å². The molecule has 1 aliphatic rings. The molecule has 2 aromatic heterocycles. The third-order valence-corrected chi connectivity index (χ3v) is 5.88. The van der Waals surface area contributed by atoms with Crippen molar-refractivity contribution in [2.24, 2.45) is 0 Å². The first-order valence-corrected chi connectivity index (χ1v) is 11.2. The van der Waals surface area contributed by atoms with E-state index in [-0.39, 0.29) is 17.8 Å². The second-order valence-electron chi connectivity index (χ2n) is 8.33. The molecule has 5 rings (SSSR count). The number of nitrogens with zero attached hydrogens (tertiary/aromatic N) is 3. The summed E-state index contributed by atoms with van der Waals surface area (Å²) in [5.41, 5.74) is 11.3. The van der Waals surface area contributed by atoms with E-state index in [4.69, 9.17) is 20.2 Å². The predicted molar refractivity (Wildman–Crippen MR) is 129 cm³/mol. The normalized spacial score (nSPS) is 15.0. The highest BCUT2D eigenvalue weighted by molar-refractivity contribution is 5.81. The number of nitrogens with two attached hydrogens (primary N) is 1. The van der Waals surface area contributed by atoms with Crippen LogP contribution in [0.4, 0.5) is 5.95 Å². The summed E-state index contributed by atoms with van der Waals surface area (Å²) in [6.45, 7) is 1.54. The van der Waals surface area contributed by atoms with Gasteiger partial charge in [-0.05, 0) is 41.8 Å². The summed E-state index contributed by atoms with van der Waals surface area (Å²) in [4.78, 5) is 28.7. The maximum absolute atomic E-state index is 12.2. The van der Waals surface area contributed by atoms with Crippen molar-refractivity contribution in [1.82, 2.24) is 25.3 Å². The summed E-state index contributed by atoms with van der Waals surface area (Å²) in [6.07, 6.45) is 2.75. The van der Waals surface area contributed by atoms with E-state index in [0.29, 0.717) is 26.2 Å². The van der Waals surface area contributed by atoms with Gasteiger partial charge < -0.3 is 25.5 Å². The zero-order valence-corrected chi connectivity index (χ0v) is 18.9. The van der Waals surface area contributed by atoms with Crippen molar-refractivity contribution >= 4 is 22.9 Å². The SMILES string of the molecule is COCCNC(=O)Cc1ccc2c(c1)CC(c1nc3ccc(-c4ccnc(N)n4)cc3[nH]1)CO2. The van der Waals surface area contributed by atoms with Crippen molar-refractivity contribution in [3.05, 3.63) is 65.6 Å². The number of nitrogens with one attached hydrogen (secondary N) is 2. The van der Waals surface area contributed by atoms with Crippen LogP contribution in [0.25, 0.3) is 22.3 Å². The van der Waals surface area contributed by atoms with Crippen molar-refractivity contribution in [1.29, 1.82) is 0 Å². The molecule has 4 N–H and O–H groups in total. The summed E-state index contributed by atoms with van der Waals surface area (Å²) in [6, 6.07) is 13.7. The van der Waals surface area contributed by atoms with E-state index in [1.165, 1.54) is 0 Å². The Balaban J connectivity index is 1.33. The van der Waals surface area contributed by atoms with Crippen molar-refractivity contribution in [2.75, 3.05) is 32.6 Å². The minimum absolute atomic E-state index is 0.0243. The summed E-state index contributed by atoms with van der Waals surface area (Å²) in [5.74, 6) is 2.04. The standard InChI is InChI=1S/C25H26N6O3/c1-33-9-8-27-23(32)11-15-2-5-22-17(10-15)12-18(14-34-22)24-29-20-4-3-16(13-21(20)30-24)19-6-7-28-25(26)31-19/h2-7,10,13,18H,8-9,11-12,14H2,1H3,(H,27,32)(H,29,30)(H2,26,28,31). The van der Waals surface area contributed by atoms with Crippen molar-refractivity contribution in [2.45, 2.75) is 18.8 Å². The number of aromatic nitrogens is 4. The van der Waals surface area contributed by atoms with Gasteiger partial charge in [0.2, 0.25) is 11.9 Å². The smallest absolute Gasteiger partial charge is 0.224 e. The molecule has 1 aliphatic heterocycles. The molecule has 2 aromatic carbocycles. The highest BCUT2D eigenvalue weighted by Gasteiger charge is 2.24. The average molecular weight is 459 g/mol. The number of hydrogen-bond donors (Lipinski definition) is 3. The number of amides is 1. The van der Waals surface area contributed by atoms with Crippen LogP contribution in [0.3, 0.4) is 0 Å². The Hall–Kier alpha value is -3.98. The Morgan fingerprint density at radius 3 is 3.00 bits per heavy atom. The molecule has 174 valence electrons. The van der Waals surface area contributed by atoms with Crippen LogP contribution in [0.1, 0.15) is 22.9 Å². The molecule has 0 radical (unpaired) electrons. The highest BCUT2D eigenvalue weighted by atomic mass is 16.5. The number of carbonyl (C=O) groups is 1. The lowest BCUT2D eigenvalue weighted by Crippen LogP contribution is -2.28. The molecule has 9 heteroatoms. The van der Waals surface area contributed by atoms with Crippen LogP contribution in [0.5, 0.6) is 5.75 Å². The Labute approximate surface area is 196 Å². The minimum atomic E-state index is -0.0243. The molecule has 1 unspecified atom stereocenters. The molecule has 1 atom stereocenters. The maximum atomic E-state index is 12.2. The molecule has 4 aromatic rings. The van der Waals surface area contributed by atoms with Gasteiger partial charge in [-0.15, -0.1) is 0 Å². The predicted octanol–water partition coefficient (Wildman–Crippen LogP) is 2.63. The average Bonchev–Trinajstić information content (AvgIpc) is 3.27. The van der Waals surface area contributed by atoms with Crippen molar-refractivity contribution in [3.63, 3.8) is 0 Å². The van der Waals surface area contributed by atoms with Crippen molar-refractivity contribution in [3.8, 4) is 17.0 Å². The lowest BCUT2D eigenvalue weighted by atomic mass is 9.94. The Morgan fingerprint density at radius 2 is 2.15 bits per heavy atom. The monoisotopic (exact) mass is 458 g/mol. The number of aromatic amines is 1. The summed E-state index contributed by atoms with van der Waals surface area (Å²) >= 11 is 0. The number of nitrogen functional groups attached to an aromatic ring is 1. The Morgan fingerprint density at radius 1 is 1.24 bits per heavy atom. The fraction of sp³-hybridized carbons (Fsp3) is 0.280. The van der Waals surface area contributed by atoms with Gasteiger partial charge in [0.05, 0.1) is 42.3 Å². The third kappa shape index (κ3) is 4.69. The summed E-state index contributed by atoms with van der Waals surface area (Å²) < 4.78 is 11.0. The Bertz CT molecular complexity index is 1340. The number of benzene rings is 2. The molecule has 0 bridgehead atoms. The van der Waals surface area contributed by atoms with E-state index in [0.717, 1.165) is 51.4 Å². The topological polar surface area (TPSA) is 128 Å². The van der Waals surface area contributed by atoms with Gasteiger partial charge >= 0.3 is 0 Å². The van der Waals surface area contributed by atoms with E-state index < -0.39 is 0 Å². The molecular weight excluding hydrogens is 432 g/mol. The molecule has 34 heavy (non-hydrogen) atoms. The zero-order valence-electron chi connectivity index (χ0n) is 18.9. The van der Waals surface area contributed by atoms with Crippen LogP contribution in [-0.2, 0) is 22.4 Å². The number of H-pyrrole nitrogens is 1. The van der Waals surface area contributed by atoms with Gasteiger partial charge in [-0.1, -0.05) is 18.2 Å². The van der Waals surface area contributed by atoms with Crippen LogP contribution in [0.15, 0.2) is 48.7 Å². The molecule has 0 aliphatic carbocycles. The molecule has 0 saturated heterocycles. The number of rotatable bonds is 7. The van der Waals surface area contributed by atoms with Gasteiger partial charge in [0.1, 0.15) is 11.6 Å². The molecule has 1 amide bonds. The third-order valence-electron chi connectivity index (χ3n) is 5.88. The van der Waals surface area contributed by atoms with Gasteiger partial charge in [-0.25, -0.2) is 15.0 Å². The molecule has 3 heterocycles. The van der Waals surface area contributed by atoms with Gasteiger partial charge in [0.15, 0.2) is 0 Å². The number of imidazole rings is 1. The molecule has 0 spiro atoms. The molecule has 0 fully saturated rings. The maximum Gasteiger partial charge on any atom is 0.224 e. The van der Waals surface area contributed by atoms with Crippen LogP contribution in [0.2, 0.25) is 0 Å². The second-order valence-corrected chi connectivity index (χ2v) is 8.33. The number of fused-ring (bicyclic) bond motifs is 2. The lowest BCUT2D eigenvalue weighted by molar-refractivity contribution is -0.120. The second kappa shape index (κ2) is 9.48. The first-order chi connectivity index (χ1) is 16.6. The largest absolute Gasteiger partial charge is 0.493 e. The van der Waals surface area contributed by atoms with Gasteiger partial charge in [-0.3, -0.25) is 4.79 Å². The zero-order chi connectivity index (χ0) is 23.5. The number of ether oxygens (including phenoxy) is 2. The van der Waals surface area contributed by atoms with Gasteiger partial charge in [0.25, 0.3) is 0 Å². The van der Waals surface area contributed by atoms with Gasteiger partial charge in [-0.2, -0.15) is 0 Å². The highest BCUT2D eigenvalue weighted by Crippen LogP contribution is 2.33. The fourth-order valence-corrected chi connectivity index (χ4v) is 4.19. The van der Waals surface area contributed by atoms with Crippen LogP contribution in [0, 0.1) is 0 Å². The van der Waals surface area contributed by atoms with Crippen LogP contribution < -0.4 is 15.8 Å². The number of carbonyl (C=O) groups excluding carboxylic acids is 1. The first-order valence-electron chi connectivity index (χ1n) is 11.2.